The third-order valence-electron chi connectivity index (χ3n) is 3.58. The lowest BCUT2D eigenvalue weighted by molar-refractivity contribution is 0.0692. The summed E-state index contributed by atoms with van der Waals surface area (Å²) in [5, 5.41) is 4.04. The lowest BCUT2D eigenvalue weighted by Crippen LogP contribution is -2.38. The number of amides is 1. The Morgan fingerprint density at radius 1 is 1.27 bits per heavy atom. The van der Waals surface area contributed by atoms with E-state index in [9.17, 15) is 4.79 Å². The molecule has 22 heavy (non-hydrogen) atoms. The molecule has 0 saturated carbocycles. The zero-order valence-corrected chi connectivity index (χ0v) is 14.7. The van der Waals surface area contributed by atoms with Crippen LogP contribution in [0.4, 0.5) is 4.79 Å². The molecular formula is C14H26N4O3Si. The summed E-state index contributed by atoms with van der Waals surface area (Å²) in [6.07, 6.45) is 4.26. The quantitative estimate of drug-likeness (QED) is 0.593. The molecule has 124 valence electrons. The van der Waals surface area contributed by atoms with Crippen molar-refractivity contribution in [3.05, 3.63) is 6.33 Å². The number of aromatic nitrogens is 3. The first-order valence-corrected chi connectivity index (χ1v) is 11.6. The number of ether oxygens (including phenoxy) is 2. The van der Waals surface area contributed by atoms with Gasteiger partial charge in [-0.25, -0.2) is 4.79 Å². The van der Waals surface area contributed by atoms with Gasteiger partial charge in [0.2, 0.25) is 0 Å². The molecule has 0 spiro atoms. The molecule has 2 rings (SSSR count). The van der Waals surface area contributed by atoms with E-state index in [1.807, 2.05) is 0 Å². The largest absolute Gasteiger partial charge is 0.417 e. The van der Waals surface area contributed by atoms with E-state index in [1.165, 1.54) is 17.4 Å². The number of carbonyl (C=O) groups is 1. The van der Waals surface area contributed by atoms with Crippen LogP contribution in [0.2, 0.25) is 25.7 Å². The highest BCUT2D eigenvalue weighted by molar-refractivity contribution is 6.76. The van der Waals surface area contributed by atoms with Crippen molar-refractivity contribution in [3.63, 3.8) is 0 Å². The number of likely N-dealkylation sites (tertiary alicyclic amines) is 1. The number of nitrogens with zero attached hydrogens (tertiary/aromatic N) is 4. The van der Waals surface area contributed by atoms with E-state index < -0.39 is 8.07 Å². The van der Waals surface area contributed by atoms with Gasteiger partial charge in [0.15, 0.2) is 0 Å². The third kappa shape index (κ3) is 5.41. The van der Waals surface area contributed by atoms with Crippen LogP contribution in [0.25, 0.3) is 0 Å². The van der Waals surface area contributed by atoms with Gasteiger partial charge in [-0.05, 0) is 25.3 Å². The van der Waals surface area contributed by atoms with E-state index in [4.69, 9.17) is 9.47 Å². The Hall–Kier alpha value is -1.41. The molecule has 1 amide bonds. The number of carbonyl (C=O) groups excluding carboxylic acids is 1. The molecule has 0 N–H and O–H groups in total. The average molecular weight is 326 g/mol. The summed E-state index contributed by atoms with van der Waals surface area (Å²) in [5.74, 6) is 0. The van der Waals surface area contributed by atoms with Crippen LogP contribution in [0.3, 0.4) is 0 Å². The molecule has 1 saturated heterocycles. The van der Waals surface area contributed by atoms with Crippen molar-refractivity contribution < 1.29 is 14.3 Å². The second kappa shape index (κ2) is 7.73. The molecule has 0 unspecified atom stereocenters. The number of piperidine rings is 1. The molecule has 0 bridgehead atoms. The molecular weight excluding hydrogens is 300 g/mol. The van der Waals surface area contributed by atoms with Crippen LogP contribution >= 0.6 is 0 Å². The summed E-state index contributed by atoms with van der Waals surface area (Å²) in [7, 11) is -1.10. The normalized spacial score (nSPS) is 15.9. The van der Waals surface area contributed by atoms with Gasteiger partial charge in [0, 0.05) is 27.8 Å². The standard InChI is InChI=1S/C14H26N4O3Si/c1-22(2,3)10-9-20-12-18-13(15-11-16-18)21-14(19)17-7-5-4-6-8-17/h11H,4-10,12H2,1-3H3. The van der Waals surface area contributed by atoms with Gasteiger partial charge in [-0.15, -0.1) is 0 Å². The van der Waals surface area contributed by atoms with E-state index in [2.05, 4.69) is 29.7 Å². The Morgan fingerprint density at radius 3 is 2.68 bits per heavy atom. The molecule has 1 aromatic heterocycles. The smallest absolute Gasteiger partial charge is 0.374 e. The Kier molecular flexibility index (Phi) is 5.96. The molecule has 0 aromatic carbocycles. The topological polar surface area (TPSA) is 69.5 Å². The zero-order chi connectivity index (χ0) is 16.0. The van der Waals surface area contributed by atoms with Gasteiger partial charge in [0.05, 0.1) is 0 Å². The number of hydrogen-bond donors (Lipinski definition) is 0. The maximum absolute atomic E-state index is 12.1. The highest BCUT2D eigenvalue weighted by Gasteiger charge is 2.20. The van der Waals surface area contributed by atoms with Crippen molar-refractivity contribution in [1.29, 1.82) is 0 Å². The number of rotatable bonds is 6. The fourth-order valence-electron chi connectivity index (χ4n) is 2.17. The van der Waals surface area contributed by atoms with Gasteiger partial charge in [-0.3, -0.25) is 0 Å². The van der Waals surface area contributed by atoms with E-state index in [1.54, 1.807) is 4.90 Å². The van der Waals surface area contributed by atoms with Gasteiger partial charge < -0.3 is 14.4 Å². The van der Waals surface area contributed by atoms with Crippen LogP contribution in [-0.4, -0.2) is 53.5 Å². The SMILES string of the molecule is C[Si](C)(C)CCOCn1ncnc1OC(=O)N1CCCCC1. The van der Waals surface area contributed by atoms with Gasteiger partial charge in [-0.1, -0.05) is 19.6 Å². The van der Waals surface area contributed by atoms with Crippen LogP contribution in [0.15, 0.2) is 6.33 Å². The van der Waals surface area contributed by atoms with Gasteiger partial charge in [-0.2, -0.15) is 14.8 Å². The van der Waals surface area contributed by atoms with Crippen molar-refractivity contribution >= 4 is 14.2 Å². The molecule has 0 atom stereocenters. The lowest BCUT2D eigenvalue weighted by Gasteiger charge is -2.25. The van der Waals surface area contributed by atoms with Crippen LogP contribution in [0.5, 0.6) is 6.01 Å². The molecule has 0 aliphatic carbocycles. The van der Waals surface area contributed by atoms with E-state index in [0.29, 0.717) is 6.61 Å². The van der Waals surface area contributed by atoms with E-state index >= 15 is 0 Å². The Bertz CT molecular complexity index is 481. The van der Waals surface area contributed by atoms with Gasteiger partial charge in [0.25, 0.3) is 0 Å². The Labute approximate surface area is 132 Å². The molecule has 0 radical (unpaired) electrons. The first-order valence-electron chi connectivity index (χ1n) is 7.88. The minimum absolute atomic E-state index is 0.198. The fraction of sp³-hybridized carbons (Fsp3) is 0.786. The molecule has 1 aliphatic heterocycles. The minimum Gasteiger partial charge on any atom is -0.374 e. The molecule has 7 nitrogen and oxygen atoms in total. The maximum atomic E-state index is 12.1. The zero-order valence-electron chi connectivity index (χ0n) is 13.7. The minimum atomic E-state index is -1.10. The van der Waals surface area contributed by atoms with Crippen LogP contribution in [0.1, 0.15) is 19.3 Å². The lowest BCUT2D eigenvalue weighted by atomic mass is 10.1. The van der Waals surface area contributed by atoms with Crippen molar-refractivity contribution in [3.8, 4) is 6.01 Å². The summed E-state index contributed by atoms with van der Waals surface area (Å²) in [6.45, 7) is 9.36. The van der Waals surface area contributed by atoms with Crippen molar-refractivity contribution in [1.82, 2.24) is 19.7 Å². The van der Waals surface area contributed by atoms with Crippen LogP contribution < -0.4 is 4.74 Å². The summed E-state index contributed by atoms with van der Waals surface area (Å²) in [6, 6.07) is 1.29. The van der Waals surface area contributed by atoms with Crippen LogP contribution in [0, 0.1) is 0 Å². The maximum Gasteiger partial charge on any atom is 0.417 e. The van der Waals surface area contributed by atoms with E-state index in [-0.39, 0.29) is 18.8 Å². The number of hydrogen-bond acceptors (Lipinski definition) is 5. The Balaban J connectivity index is 1.80. The first-order chi connectivity index (χ1) is 10.5. The Morgan fingerprint density at radius 2 is 2.00 bits per heavy atom. The van der Waals surface area contributed by atoms with Crippen LogP contribution in [-0.2, 0) is 11.5 Å². The highest BCUT2D eigenvalue weighted by Crippen LogP contribution is 2.13. The van der Waals surface area contributed by atoms with Gasteiger partial charge in [0.1, 0.15) is 13.1 Å². The van der Waals surface area contributed by atoms with Crippen molar-refractivity contribution in [2.75, 3.05) is 19.7 Å². The molecule has 2 heterocycles. The third-order valence-corrected chi connectivity index (χ3v) is 5.29. The predicted molar refractivity (Wildman–Crippen MR) is 85.6 cm³/mol. The summed E-state index contributed by atoms with van der Waals surface area (Å²) in [4.78, 5) is 17.8. The first kappa shape index (κ1) is 16.9. The van der Waals surface area contributed by atoms with Crippen molar-refractivity contribution in [2.45, 2.75) is 51.7 Å². The van der Waals surface area contributed by atoms with E-state index in [0.717, 1.165) is 32.0 Å². The summed E-state index contributed by atoms with van der Waals surface area (Å²) < 4.78 is 12.4. The van der Waals surface area contributed by atoms with Crippen molar-refractivity contribution in [2.24, 2.45) is 0 Å². The summed E-state index contributed by atoms with van der Waals surface area (Å²) in [5.41, 5.74) is 0. The second-order valence-electron chi connectivity index (χ2n) is 6.81. The van der Waals surface area contributed by atoms with Gasteiger partial charge >= 0.3 is 12.1 Å². The second-order valence-corrected chi connectivity index (χ2v) is 12.4. The highest BCUT2D eigenvalue weighted by atomic mass is 28.3. The molecule has 1 aliphatic rings. The molecule has 1 aromatic rings. The predicted octanol–water partition coefficient (Wildman–Crippen LogP) is 2.58. The molecule has 1 fully saturated rings. The average Bonchev–Trinajstić information content (AvgIpc) is 2.91. The fourth-order valence-corrected chi connectivity index (χ4v) is 2.93. The monoisotopic (exact) mass is 326 g/mol. The summed E-state index contributed by atoms with van der Waals surface area (Å²) >= 11 is 0. The molecule has 8 heteroatoms.